The topological polar surface area (TPSA) is 128 Å². The summed E-state index contributed by atoms with van der Waals surface area (Å²) in [5.41, 5.74) is 3.20. The van der Waals surface area contributed by atoms with Gasteiger partial charge in [0.1, 0.15) is 11.4 Å². The van der Waals surface area contributed by atoms with Gasteiger partial charge in [-0.3, -0.25) is 14.2 Å². The minimum absolute atomic E-state index is 0.146. The van der Waals surface area contributed by atoms with E-state index in [0.29, 0.717) is 22.5 Å². The van der Waals surface area contributed by atoms with Crippen molar-refractivity contribution in [3.63, 3.8) is 0 Å². The zero-order chi connectivity index (χ0) is 23.0. The van der Waals surface area contributed by atoms with Crippen LogP contribution < -0.4 is 14.8 Å². The van der Waals surface area contributed by atoms with Crippen LogP contribution in [-0.2, 0) is 17.1 Å². The lowest BCUT2D eigenvalue weighted by molar-refractivity contribution is 0.102. The van der Waals surface area contributed by atoms with Gasteiger partial charge >= 0.3 is 0 Å². The summed E-state index contributed by atoms with van der Waals surface area (Å²) in [4.78, 5) is 21.2. The second-order valence-electron chi connectivity index (χ2n) is 7.09. The lowest BCUT2D eigenvalue weighted by Crippen LogP contribution is -2.13. The molecule has 1 amide bonds. The van der Waals surface area contributed by atoms with Gasteiger partial charge in [-0.2, -0.15) is 5.10 Å². The third-order valence-electron chi connectivity index (χ3n) is 4.64. The van der Waals surface area contributed by atoms with E-state index in [0.717, 1.165) is 22.2 Å². The molecule has 0 unspecified atom stereocenters. The predicted molar refractivity (Wildman–Crippen MR) is 124 cm³/mol. The molecule has 166 valence electrons. The van der Waals surface area contributed by atoms with Crippen molar-refractivity contribution in [2.75, 3.05) is 23.4 Å². The molecule has 1 aromatic carbocycles. The summed E-state index contributed by atoms with van der Waals surface area (Å²) >= 11 is 1.40. The molecule has 0 aliphatic carbocycles. The van der Waals surface area contributed by atoms with Crippen LogP contribution in [0.15, 0.2) is 36.0 Å². The summed E-state index contributed by atoms with van der Waals surface area (Å²) in [6.45, 7) is 1.83. The summed E-state index contributed by atoms with van der Waals surface area (Å²) in [5, 5.41) is 10.5. The number of ether oxygens (including phenoxy) is 1. The number of hydrogen-bond acceptors (Lipinski definition) is 8. The molecule has 0 spiro atoms. The number of carbonyl (C=O) groups excluding carboxylic acids is 1. The molecule has 0 bridgehead atoms. The van der Waals surface area contributed by atoms with Crippen LogP contribution in [0.1, 0.15) is 15.5 Å². The number of thiazole rings is 1. The molecule has 0 radical (unpaired) electrons. The molecule has 4 aromatic rings. The number of nitrogens with zero attached hydrogens (tertiary/aromatic N) is 4. The molecule has 12 heteroatoms. The quantitative estimate of drug-likeness (QED) is 0.441. The molecule has 32 heavy (non-hydrogen) atoms. The van der Waals surface area contributed by atoms with E-state index in [2.05, 4.69) is 25.1 Å². The molecular weight excluding hydrogens is 452 g/mol. The number of methoxy groups -OCH3 is 1. The van der Waals surface area contributed by atoms with E-state index in [-0.39, 0.29) is 17.5 Å². The van der Waals surface area contributed by atoms with Crippen LogP contribution in [0.2, 0.25) is 0 Å². The number of nitrogens with one attached hydrogen (secondary N) is 2. The minimum atomic E-state index is -3.54. The van der Waals surface area contributed by atoms with Gasteiger partial charge in [0.2, 0.25) is 15.9 Å². The first-order chi connectivity index (χ1) is 15.1. The van der Waals surface area contributed by atoms with Gasteiger partial charge in [0.05, 0.1) is 35.8 Å². The number of rotatable bonds is 6. The first kappa shape index (κ1) is 21.7. The van der Waals surface area contributed by atoms with Crippen LogP contribution in [0.25, 0.3) is 22.0 Å². The van der Waals surface area contributed by atoms with Crippen LogP contribution in [0.4, 0.5) is 11.4 Å². The zero-order valence-electron chi connectivity index (χ0n) is 17.7. The monoisotopic (exact) mass is 472 g/mol. The van der Waals surface area contributed by atoms with Gasteiger partial charge in [0, 0.05) is 29.6 Å². The fourth-order valence-electron chi connectivity index (χ4n) is 3.22. The molecule has 0 fully saturated rings. The summed E-state index contributed by atoms with van der Waals surface area (Å²) in [7, 11) is -0.337. The van der Waals surface area contributed by atoms with Gasteiger partial charge in [-0.05, 0) is 30.7 Å². The molecule has 0 aliphatic heterocycles. The summed E-state index contributed by atoms with van der Waals surface area (Å²) in [5.74, 6) is -0.183. The van der Waals surface area contributed by atoms with E-state index in [1.54, 1.807) is 41.6 Å². The number of fused-ring (bicyclic) bond motifs is 1. The zero-order valence-corrected chi connectivity index (χ0v) is 19.3. The average molecular weight is 473 g/mol. The maximum absolute atomic E-state index is 12.7. The van der Waals surface area contributed by atoms with Crippen LogP contribution in [0.3, 0.4) is 0 Å². The third-order valence-corrected chi connectivity index (χ3v) is 6.00. The van der Waals surface area contributed by atoms with Crippen LogP contribution in [0.5, 0.6) is 5.88 Å². The third kappa shape index (κ3) is 4.41. The highest BCUT2D eigenvalue weighted by atomic mass is 32.2. The fourth-order valence-corrected chi connectivity index (χ4v) is 4.36. The van der Waals surface area contributed by atoms with E-state index in [1.165, 1.54) is 18.4 Å². The second kappa shape index (κ2) is 8.20. The Labute approximate surface area is 188 Å². The van der Waals surface area contributed by atoms with E-state index in [4.69, 9.17) is 4.74 Å². The molecule has 3 heterocycles. The van der Waals surface area contributed by atoms with Gasteiger partial charge in [-0.1, -0.05) is 0 Å². The number of benzene rings is 1. The number of aryl methyl sites for hydroxylation is 2. The Morgan fingerprint density at radius 3 is 2.56 bits per heavy atom. The van der Waals surface area contributed by atoms with Crippen LogP contribution in [0, 0.1) is 6.92 Å². The molecule has 3 aromatic heterocycles. The van der Waals surface area contributed by atoms with Crippen molar-refractivity contribution in [1.82, 2.24) is 19.7 Å². The van der Waals surface area contributed by atoms with Crippen molar-refractivity contribution in [2.24, 2.45) is 7.05 Å². The first-order valence-corrected chi connectivity index (χ1v) is 12.1. The van der Waals surface area contributed by atoms with Crippen LogP contribution in [-0.4, -0.2) is 47.4 Å². The largest absolute Gasteiger partial charge is 0.480 e. The SMILES string of the molecule is COc1ncc(-c2cc(NC(=O)c3csc(C)n3)c3cnn(C)c3c2)cc1NS(C)(=O)=O. The summed E-state index contributed by atoms with van der Waals surface area (Å²) in [6, 6.07) is 5.30. The average Bonchev–Trinajstić information content (AvgIpc) is 3.33. The van der Waals surface area contributed by atoms with Gasteiger partial charge in [0.15, 0.2) is 0 Å². The standard InChI is InChI=1S/C20H20N6O4S2/c1-11-23-17(10-31-11)19(27)24-15-5-12(7-18-14(15)9-22-26(18)2)13-6-16(25-32(4,28)29)20(30-3)21-8-13/h5-10,25H,1-4H3,(H,24,27). The van der Waals surface area contributed by atoms with Crippen molar-refractivity contribution in [3.05, 3.63) is 46.7 Å². The summed E-state index contributed by atoms with van der Waals surface area (Å²) < 4.78 is 32.8. The Hall–Kier alpha value is -3.51. The van der Waals surface area contributed by atoms with Crippen molar-refractivity contribution in [1.29, 1.82) is 0 Å². The fraction of sp³-hybridized carbons (Fsp3) is 0.200. The highest BCUT2D eigenvalue weighted by Gasteiger charge is 2.17. The predicted octanol–water partition coefficient (Wildman–Crippen LogP) is 3.03. The lowest BCUT2D eigenvalue weighted by atomic mass is 10.0. The van der Waals surface area contributed by atoms with E-state index >= 15 is 0 Å². The highest BCUT2D eigenvalue weighted by molar-refractivity contribution is 7.92. The number of sulfonamides is 1. The second-order valence-corrected chi connectivity index (χ2v) is 9.90. The molecule has 2 N–H and O–H groups in total. The smallest absolute Gasteiger partial charge is 0.275 e. The molecule has 4 rings (SSSR count). The van der Waals surface area contributed by atoms with Crippen molar-refractivity contribution in [3.8, 4) is 17.0 Å². The Balaban J connectivity index is 1.81. The number of hydrogen-bond donors (Lipinski definition) is 2. The van der Waals surface area contributed by atoms with Gasteiger partial charge in [-0.25, -0.2) is 18.4 Å². The highest BCUT2D eigenvalue weighted by Crippen LogP contribution is 2.34. The van der Waals surface area contributed by atoms with E-state index < -0.39 is 10.0 Å². The van der Waals surface area contributed by atoms with Gasteiger partial charge in [-0.15, -0.1) is 11.3 Å². The Kier molecular flexibility index (Phi) is 5.57. The Morgan fingerprint density at radius 2 is 1.91 bits per heavy atom. The van der Waals surface area contributed by atoms with Gasteiger partial charge < -0.3 is 10.1 Å². The maximum Gasteiger partial charge on any atom is 0.275 e. The number of pyridine rings is 1. The van der Waals surface area contributed by atoms with Crippen LogP contribution >= 0.6 is 11.3 Å². The van der Waals surface area contributed by atoms with Gasteiger partial charge in [0.25, 0.3) is 5.91 Å². The maximum atomic E-state index is 12.7. The molecular formula is C20H20N6O4S2. The Bertz CT molecular complexity index is 1440. The molecule has 0 saturated carbocycles. The normalized spacial score (nSPS) is 11.5. The Morgan fingerprint density at radius 1 is 1.16 bits per heavy atom. The number of carbonyl (C=O) groups is 1. The molecule has 0 atom stereocenters. The minimum Gasteiger partial charge on any atom is -0.480 e. The number of anilines is 2. The van der Waals surface area contributed by atoms with E-state index in [9.17, 15) is 13.2 Å². The molecule has 0 saturated heterocycles. The van der Waals surface area contributed by atoms with Crippen molar-refractivity contribution >= 4 is 49.5 Å². The first-order valence-electron chi connectivity index (χ1n) is 9.36. The number of aromatic nitrogens is 4. The van der Waals surface area contributed by atoms with Crippen molar-refractivity contribution in [2.45, 2.75) is 6.92 Å². The lowest BCUT2D eigenvalue weighted by Gasteiger charge is -2.13. The van der Waals surface area contributed by atoms with E-state index in [1.807, 2.05) is 13.0 Å². The van der Waals surface area contributed by atoms with Crippen molar-refractivity contribution < 1.29 is 17.9 Å². The number of amides is 1. The molecule has 0 aliphatic rings. The molecule has 10 nitrogen and oxygen atoms in total. The summed E-state index contributed by atoms with van der Waals surface area (Å²) in [6.07, 6.45) is 4.29.